The van der Waals surface area contributed by atoms with Gasteiger partial charge in [-0.2, -0.15) is 0 Å². The van der Waals surface area contributed by atoms with E-state index in [1.165, 1.54) is 0 Å². The topological polar surface area (TPSA) is 66.1 Å². The Morgan fingerprint density at radius 2 is 1.80 bits per heavy atom. The van der Waals surface area contributed by atoms with E-state index in [-0.39, 0.29) is 23.9 Å². The lowest BCUT2D eigenvalue weighted by molar-refractivity contribution is -0.130. The smallest absolute Gasteiger partial charge is 0.258 e. The van der Waals surface area contributed by atoms with Gasteiger partial charge in [0.25, 0.3) is 5.56 Å². The van der Waals surface area contributed by atoms with Gasteiger partial charge in [-0.3, -0.25) is 9.59 Å². The maximum Gasteiger partial charge on any atom is 0.258 e. The molecule has 0 spiro atoms. The molecule has 0 aliphatic carbocycles. The van der Waals surface area contributed by atoms with E-state index in [9.17, 15) is 9.59 Å². The normalized spacial score (nSPS) is 12.1. The largest absolute Gasteiger partial charge is 0.338 e. The number of carbonyl (C=O) groups excluding carboxylic acids is 1. The molecule has 5 heteroatoms. The SMILES string of the molecule is C[C@@H](CC(=O)N(C)Cc1nc2ccccc2c(=O)[nH]1)c1ccccc1. The number of rotatable bonds is 5. The Kier molecular flexibility index (Phi) is 4.93. The number of aromatic nitrogens is 2. The highest BCUT2D eigenvalue weighted by atomic mass is 16.2. The van der Waals surface area contributed by atoms with Crippen LogP contribution in [0.2, 0.25) is 0 Å². The zero-order valence-corrected chi connectivity index (χ0v) is 14.4. The van der Waals surface area contributed by atoms with E-state index in [1.54, 1.807) is 30.1 Å². The van der Waals surface area contributed by atoms with Crippen LogP contribution in [0.5, 0.6) is 0 Å². The standard InChI is InChI=1S/C20H21N3O2/c1-14(15-8-4-3-5-9-15)12-19(24)23(2)13-18-21-17-11-7-6-10-16(17)20(25)22-18/h3-11,14H,12-13H2,1-2H3,(H,21,22,25)/t14-/m0/s1. The Labute approximate surface area is 146 Å². The Morgan fingerprint density at radius 1 is 1.12 bits per heavy atom. The van der Waals surface area contributed by atoms with Crippen molar-refractivity contribution in [1.29, 1.82) is 0 Å². The van der Waals surface area contributed by atoms with E-state index < -0.39 is 0 Å². The molecule has 2 aromatic carbocycles. The molecule has 25 heavy (non-hydrogen) atoms. The molecule has 0 aliphatic rings. The van der Waals surface area contributed by atoms with Crippen LogP contribution in [0.4, 0.5) is 0 Å². The van der Waals surface area contributed by atoms with Crippen molar-refractivity contribution < 1.29 is 4.79 Å². The number of carbonyl (C=O) groups is 1. The molecule has 1 heterocycles. The van der Waals surface area contributed by atoms with Gasteiger partial charge in [-0.25, -0.2) is 4.98 Å². The van der Waals surface area contributed by atoms with E-state index in [4.69, 9.17) is 0 Å². The molecule has 3 aromatic rings. The molecule has 0 aliphatic heterocycles. The maximum atomic E-state index is 12.5. The summed E-state index contributed by atoms with van der Waals surface area (Å²) in [5.41, 5.74) is 1.60. The highest BCUT2D eigenvalue weighted by molar-refractivity contribution is 5.78. The molecular formula is C20H21N3O2. The van der Waals surface area contributed by atoms with Crippen LogP contribution in [0.25, 0.3) is 10.9 Å². The van der Waals surface area contributed by atoms with E-state index in [0.29, 0.717) is 23.1 Å². The highest BCUT2D eigenvalue weighted by Gasteiger charge is 2.16. The van der Waals surface area contributed by atoms with Crippen molar-refractivity contribution in [3.05, 3.63) is 76.3 Å². The van der Waals surface area contributed by atoms with Gasteiger partial charge in [0, 0.05) is 13.5 Å². The summed E-state index contributed by atoms with van der Waals surface area (Å²) in [5.74, 6) is 0.652. The number of H-pyrrole nitrogens is 1. The number of nitrogens with one attached hydrogen (secondary N) is 1. The summed E-state index contributed by atoms with van der Waals surface area (Å²) in [4.78, 5) is 33.4. The van der Waals surface area contributed by atoms with Gasteiger partial charge < -0.3 is 9.88 Å². The van der Waals surface area contributed by atoms with Crippen molar-refractivity contribution in [1.82, 2.24) is 14.9 Å². The summed E-state index contributed by atoms with van der Waals surface area (Å²) in [6, 6.07) is 17.2. The Balaban J connectivity index is 1.70. The number of para-hydroxylation sites is 1. The quantitative estimate of drug-likeness (QED) is 0.779. The maximum absolute atomic E-state index is 12.5. The molecule has 128 valence electrons. The Morgan fingerprint density at radius 3 is 2.56 bits per heavy atom. The van der Waals surface area contributed by atoms with Crippen LogP contribution in [0.1, 0.15) is 30.7 Å². The van der Waals surface area contributed by atoms with Crippen LogP contribution in [0, 0.1) is 0 Å². The predicted molar refractivity (Wildman–Crippen MR) is 98.3 cm³/mol. The number of fused-ring (bicyclic) bond motifs is 1. The number of nitrogens with zero attached hydrogens (tertiary/aromatic N) is 2. The zero-order valence-electron chi connectivity index (χ0n) is 14.4. The van der Waals surface area contributed by atoms with Crippen molar-refractivity contribution in [2.75, 3.05) is 7.05 Å². The molecule has 0 radical (unpaired) electrons. The first-order chi connectivity index (χ1) is 12.0. The fourth-order valence-corrected chi connectivity index (χ4v) is 2.84. The van der Waals surface area contributed by atoms with Gasteiger partial charge in [0.2, 0.25) is 5.91 Å². The van der Waals surface area contributed by atoms with Gasteiger partial charge in [-0.05, 0) is 23.6 Å². The summed E-state index contributed by atoms with van der Waals surface area (Å²) in [6.45, 7) is 2.32. The minimum atomic E-state index is -0.181. The first-order valence-corrected chi connectivity index (χ1v) is 8.31. The number of benzene rings is 2. The summed E-state index contributed by atoms with van der Waals surface area (Å²) >= 11 is 0. The molecule has 1 N–H and O–H groups in total. The average Bonchev–Trinajstić information content (AvgIpc) is 2.62. The number of aromatic amines is 1. The Bertz CT molecular complexity index is 934. The molecule has 0 unspecified atom stereocenters. The fourth-order valence-electron chi connectivity index (χ4n) is 2.84. The molecule has 0 saturated heterocycles. The van der Waals surface area contributed by atoms with Crippen molar-refractivity contribution in [2.24, 2.45) is 0 Å². The first-order valence-electron chi connectivity index (χ1n) is 8.31. The Hall–Kier alpha value is -2.95. The van der Waals surface area contributed by atoms with Gasteiger partial charge in [0.1, 0.15) is 5.82 Å². The van der Waals surface area contributed by atoms with Crippen LogP contribution >= 0.6 is 0 Å². The molecule has 1 atom stereocenters. The van der Waals surface area contributed by atoms with E-state index in [1.807, 2.05) is 43.3 Å². The van der Waals surface area contributed by atoms with Crippen LogP contribution in [-0.4, -0.2) is 27.8 Å². The van der Waals surface area contributed by atoms with Gasteiger partial charge in [-0.15, -0.1) is 0 Å². The molecule has 1 aromatic heterocycles. The molecule has 0 bridgehead atoms. The lowest BCUT2D eigenvalue weighted by Crippen LogP contribution is -2.29. The predicted octanol–water partition coefficient (Wildman–Crippen LogP) is 3.08. The van der Waals surface area contributed by atoms with Crippen molar-refractivity contribution in [2.45, 2.75) is 25.8 Å². The lowest BCUT2D eigenvalue weighted by Gasteiger charge is -2.19. The van der Waals surface area contributed by atoms with E-state index in [2.05, 4.69) is 9.97 Å². The molecule has 3 rings (SSSR count). The molecule has 0 saturated carbocycles. The van der Waals surface area contributed by atoms with Crippen LogP contribution in [-0.2, 0) is 11.3 Å². The fraction of sp³-hybridized carbons (Fsp3) is 0.250. The van der Waals surface area contributed by atoms with E-state index in [0.717, 1.165) is 5.56 Å². The second-order valence-corrected chi connectivity index (χ2v) is 6.30. The summed E-state index contributed by atoms with van der Waals surface area (Å²) in [7, 11) is 1.73. The third-order valence-corrected chi connectivity index (χ3v) is 4.32. The minimum absolute atomic E-state index is 0.0205. The molecule has 0 fully saturated rings. The molecule has 5 nitrogen and oxygen atoms in total. The highest BCUT2D eigenvalue weighted by Crippen LogP contribution is 2.19. The lowest BCUT2D eigenvalue weighted by atomic mass is 9.97. The summed E-state index contributed by atoms with van der Waals surface area (Å²) in [5, 5.41) is 0.554. The third-order valence-electron chi connectivity index (χ3n) is 4.32. The molecular weight excluding hydrogens is 314 g/mol. The third kappa shape index (κ3) is 3.94. The van der Waals surface area contributed by atoms with Crippen molar-refractivity contribution >= 4 is 16.8 Å². The van der Waals surface area contributed by atoms with Gasteiger partial charge in [0.15, 0.2) is 0 Å². The summed E-state index contributed by atoms with van der Waals surface area (Å²) in [6.07, 6.45) is 0.415. The molecule has 1 amide bonds. The monoisotopic (exact) mass is 335 g/mol. The first kappa shape index (κ1) is 16.9. The average molecular weight is 335 g/mol. The second-order valence-electron chi connectivity index (χ2n) is 6.30. The summed E-state index contributed by atoms with van der Waals surface area (Å²) < 4.78 is 0. The van der Waals surface area contributed by atoms with Crippen LogP contribution in [0.3, 0.4) is 0 Å². The number of amides is 1. The van der Waals surface area contributed by atoms with Gasteiger partial charge >= 0.3 is 0 Å². The second kappa shape index (κ2) is 7.30. The van der Waals surface area contributed by atoms with Crippen LogP contribution < -0.4 is 5.56 Å². The van der Waals surface area contributed by atoms with Crippen LogP contribution in [0.15, 0.2) is 59.4 Å². The van der Waals surface area contributed by atoms with Gasteiger partial charge in [0.05, 0.1) is 17.4 Å². The minimum Gasteiger partial charge on any atom is -0.338 e. The number of hydrogen-bond acceptors (Lipinski definition) is 3. The van der Waals surface area contributed by atoms with E-state index >= 15 is 0 Å². The zero-order chi connectivity index (χ0) is 17.8. The van der Waals surface area contributed by atoms with Gasteiger partial charge in [-0.1, -0.05) is 49.4 Å². The van der Waals surface area contributed by atoms with Crippen molar-refractivity contribution in [3.8, 4) is 0 Å². The number of hydrogen-bond donors (Lipinski definition) is 1. The van der Waals surface area contributed by atoms with Crippen molar-refractivity contribution in [3.63, 3.8) is 0 Å².